The highest BCUT2D eigenvalue weighted by atomic mass is 16.7. The third kappa shape index (κ3) is 3.05. The number of carbonyl (C=O) groups is 1. The molecule has 1 amide bonds. The van der Waals surface area contributed by atoms with Crippen molar-refractivity contribution in [3.63, 3.8) is 0 Å². The van der Waals surface area contributed by atoms with E-state index in [9.17, 15) is 4.79 Å². The molecule has 1 heterocycles. The van der Waals surface area contributed by atoms with Crippen molar-refractivity contribution in [1.82, 2.24) is 10.5 Å². The van der Waals surface area contributed by atoms with Crippen LogP contribution in [0.5, 0.6) is 5.88 Å². The quantitative estimate of drug-likeness (QED) is 0.726. The summed E-state index contributed by atoms with van der Waals surface area (Å²) in [4.78, 5) is 20.3. The molecule has 1 aromatic rings. The molecule has 0 bridgehead atoms. The van der Waals surface area contributed by atoms with Gasteiger partial charge in [-0.25, -0.2) is 4.98 Å². The van der Waals surface area contributed by atoms with Crippen molar-refractivity contribution in [1.29, 1.82) is 0 Å². The highest BCUT2D eigenvalue weighted by Gasteiger charge is 2.21. The molecule has 1 rings (SSSR count). The number of nitrogens with one attached hydrogen (secondary N) is 1. The standard InChI is InChI=1S/C10H14N2O2/c1-10(2,3)9(13)12-14-8-6-4-5-7-11-8/h4-7H,1-3H3,(H,12,13). The average molecular weight is 194 g/mol. The van der Waals surface area contributed by atoms with Gasteiger partial charge in [0.05, 0.1) is 0 Å². The van der Waals surface area contributed by atoms with Crippen LogP contribution in [0.15, 0.2) is 24.4 Å². The van der Waals surface area contributed by atoms with E-state index in [1.807, 2.05) is 20.8 Å². The topological polar surface area (TPSA) is 51.2 Å². The molecule has 1 aromatic heterocycles. The Bertz CT molecular complexity index is 304. The minimum Gasteiger partial charge on any atom is -0.359 e. The molecule has 4 nitrogen and oxygen atoms in total. The molecule has 4 heteroatoms. The summed E-state index contributed by atoms with van der Waals surface area (Å²) in [6.45, 7) is 5.43. The largest absolute Gasteiger partial charge is 0.359 e. The number of hydroxylamine groups is 1. The number of carbonyl (C=O) groups excluding carboxylic acids is 1. The third-order valence-corrected chi connectivity index (χ3v) is 1.57. The first-order chi connectivity index (χ1) is 6.50. The molecule has 14 heavy (non-hydrogen) atoms. The highest BCUT2D eigenvalue weighted by molar-refractivity contribution is 5.80. The van der Waals surface area contributed by atoms with Gasteiger partial charge in [0.2, 0.25) is 5.88 Å². The fourth-order valence-corrected chi connectivity index (χ4v) is 0.659. The Morgan fingerprint density at radius 3 is 2.64 bits per heavy atom. The van der Waals surface area contributed by atoms with Crippen LogP contribution in [-0.2, 0) is 4.79 Å². The van der Waals surface area contributed by atoms with Crippen LogP contribution in [0.1, 0.15) is 20.8 Å². The predicted molar refractivity (Wildman–Crippen MR) is 52.5 cm³/mol. The Morgan fingerprint density at radius 1 is 1.43 bits per heavy atom. The first-order valence-electron chi connectivity index (χ1n) is 4.38. The van der Waals surface area contributed by atoms with E-state index in [4.69, 9.17) is 4.84 Å². The Balaban J connectivity index is 2.46. The van der Waals surface area contributed by atoms with E-state index in [0.29, 0.717) is 5.88 Å². The number of nitrogens with zero attached hydrogens (tertiary/aromatic N) is 1. The number of rotatable bonds is 2. The van der Waals surface area contributed by atoms with Gasteiger partial charge in [0, 0.05) is 17.7 Å². The van der Waals surface area contributed by atoms with Gasteiger partial charge in [0.15, 0.2) is 0 Å². The van der Waals surface area contributed by atoms with E-state index < -0.39 is 5.41 Å². The lowest BCUT2D eigenvalue weighted by molar-refractivity contribution is -0.135. The molecule has 0 unspecified atom stereocenters. The number of hydrogen-bond donors (Lipinski definition) is 1. The molecule has 0 saturated heterocycles. The molecule has 76 valence electrons. The van der Waals surface area contributed by atoms with Crippen molar-refractivity contribution in [2.24, 2.45) is 5.41 Å². The molecule has 0 fully saturated rings. The summed E-state index contributed by atoms with van der Waals surface area (Å²) in [7, 11) is 0. The minimum atomic E-state index is -0.464. The number of pyridine rings is 1. The Hall–Kier alpha value is -1.58. The van der Waals surface area contributed by atoms with Crippen LogP contribution in [0.2, 0.25) is 0 Å². The van der Waals surface area contributed by atoms with Crippen LogP contribution in [0.25, 0.3) is 0 Å². The van der Waals surface area contributed by atoms with Gasteiger partial charge in [-0.15, -0.1) is 0 Å². The molecule has 0 radical (unpaired) electrons. The molecule has 0 aromatic carbocycles. The summed E-state index contributed by atoms with van der Waals surface area (Å²) in [5.74, 6) is 0.202. The van der Waals surface area contributed by atoms with E-state index in [1.165, 1.54) is 0 Å². The molecule has 0 atom stereocenters. The lowest BCUT2D eigenvalue weighted by atomic mass is 9.96. The molecule has 0 aliphatic carbocycles. The Labute approximate surface area is 83.3 Å². The average Bonchev–Trinajstić information content (AvgIpc) is 2.14. The molecule has 0 aliphatic heterocycles. The van der Waals surface area contributed by atoms with Crippen molar-refractivity contribution in [2.45, 2.75) is 20.8 Å². The second-order valence-corrected chi connectivity index (χ2v) is 3.95. The summed E-state index contributed by atoms with van der Waals surface area (Å²) < 4.78 is 0. The van der Waals surface area contributed by atoms with Crippen LogP contribution in [0.3, 0.4) is 0 Å². The molecular weight excluding hydrogens is 180 g/mol. The number of hydrogen-bond acceptors (Lipinski definition) is 3. The van der Waals surface area contributed by atoms with E-state index in [1.54, 1.807) is 24.4 Å². The predicted octanol–water partition coefficient (Wildman–Crippen LogP) is 1.54. The smallest absolute Gasteiger partial charge is 0.258 e. The summed E-state index contributed by atoms with van der Waals surface area (Å²) in [6, 6.07) is 5.23. The van der Waals surface area contributed by atoms with Gasteiger partial charge < -0.3 is 4.84 Å². The van der Waals surface area contributed by atoms with Crippen molar-refractivity contribution in [3.05, 3.63) is 24.4 Å². The zero-order valence-electron chi connectivity index (χ0n) is 8.57. The normalized spacial score (nSPS) is 10.8. The van der Waals surface area contributed by atoms with Crippen molar-refractivity contribution in [3.8, 4) is 5.88 Å². The van der Waals surface area contributed by atoms with Crippen LogP contribution >= 0.6 is 0 Å². The first kappa shape index (κ1) is 10.5. The van der Waals surface area contributed by atoms with Crippen LogP contribution in [-0.4, -0.2) is 10.9 Å². The van der Waals surface area contributed by atoms with Crippen LogP contribution < -0.4 is 10.3 Å². The Kier molecular flexibility index (Phi) is 3.06. The molecule has 0 spiro atoms. The zero-order valence-corrected chi connectivity index (χ0v) is 8.57. The molecule has 0 saturated carbocycles. The van der Waals surface area contributed by atoms with Gasteiger partial charge >= 0.3 is 0 Å². The van der Waals surface area contributed by atoms with Gasteiger partial charge in [-0.1, -0.05) is 26.8 Å². The van der Waals surface area contributed by atoms with Gasteiger partial charge in [-0.05, 0) is 6.07 Å². The van der Waals surface area contributed by atoms with E-state index in [-0.39, 0.29) is 5.91 Å². The second kappa shape index (κ2) is 4.09. The number of aromatic nitrogens is 1. The number of amides is 1. The summed E-state index contributed by atoms with van der Waals surface area (Å²) in [6.07, 6.45) is 1.60. The van der Waals surface area contributed by atoms with Crippen molar-refractivity contribution >= 4 is 5.91 Å². The van der Waals surface area contributed by atoms with Crippen LogP contribution in [0, 0.1) is 5.41 Å². The summed E-state index contributed by atoms with van der Waals surface area (Å²) >= 11 is 0. The van der Waals surface area contributed by atoms with Crippen molar-refractivity contribution < 1.29 is 9.63 Å². The Morgan fingerprint density at radius 2 is 2.14 bits per heavy atom. The second-order valence-electron chi connectivity index (χ2n) is 3.95. The third-order valence-electron chi connectivity index (χ3n) is 1.57. The van der Waals surface area contributed by atoms with Gasteiger partial charge in [0.1, 0.15) is 0 Å². The van der Waals surface area contributed by atoms with E-state index in [2.05, 4.69) is 10.5 Å². The van der Waals surface area contributed by atoms with E-state index in [0.717, 1.165) is 0 Å². The van der Waals surface area contributed by atoms with Crippen LogP contribution in [0.4, 0.5) is 0 Å². The van der Waals surface area contributed by atoms with Gasteiger partial charge in [0.25, 0.3) is 5.91 Å². The maximum Gasteiger partial charge on any atom is 0.258 e. The van der Waals surface area contributed by atoms with Gasteiger partial charge in [-0.2, -0.15) is 5.48 Å². The SMILES string of the molecule is CC(C)(C)C(=O)NOc1ccccn1. The summed E-state index contributed by atoms with van der Waals surface area (Å²) in [5, 5.41) is 0. The maximum atomic E-state index is 11.4. The molecular formula is C10H14N2O2. The van der Waals surface area contributed by atoms with Crippen molar-refractivity contribution in [2.75, 3.05) is 0 Å². The molecule has 1 N–H and O–H groups in total. The lowest BCUT2D eigenvalue weighted by Crippen LogP contribution is -2.37. The monoisotopic (exact) mass is 194 g/mol. The highest BCUT2D eigenvalue weighted by Crippen LogP contribution is 2.12. The fourth-order valence-electron chi connectivity index (χ4n) is 0.659. The lowest BCUT2D eigenvalue weighted by Gasteiger charge is -2.16. The van der Waals surface area contributed by atoms with Gasteiger partial charge in [-0.3, -0.25) is 4.79 Å². The minimum absolute atomic E-state index is 0.178. The first-order valence-corrected chi connectivity index (χ1v) is 4.38. The fraction of sp³-hybridized carbons (Fsp3) is 0.400. The molecule has 0 aliphatic rings. The zero-order chi connectivity index (χ0) is 10.6. The summed E-state index contributed by atoms with van der Waals surface area (Å²) in [5.41, 5.74) is 1.87. The maximum absolute atomic E-state index is 11.4. The van der Waals surface area contributed by atoms with E-state index >= 15 is 0 Å².